The van der Waals surface area contributed by atoms with Crippen LogP contribution in [-0.4, -0.2) is 27.3 Å². The molecule has 0 spiro atoms. The van der Waals surface area contributed by atoms with Crippen LogP contribution in [0.3, 0.4) is 0 Å². The molecule has 0 aliphatic carbocycles. The van der Waals surface area contributed by atoms with E-state index in [0.29, 0.717) is 10.8 Å². The van der Waals surface area contributed by atoms with E-state index in [-0.39, 0.29) is 0 Å². The van der Waals surface area contributed by atoms with E-state index in [1.165, 1.54) is 0 Å². The highest BCUT2D eigenvalue weighted by Gasteiger charge is 2.10. The zero-order valence-corrected chi connectivity index (χ0v) is 11.4. The minimum absolute atomic E-state index is 0.659. The molecule has 1 heterocycles. The van der Waals surface area contributed by atoms with Crippen LogP contribution in [0.15, 0.2) is 48.5 Å². The van der Waals surface area contributed by atoms with Crippen molar-refractivity contribution < 1.29 is 4.74 Å². The van der Waals surface area contributed by atoms with Crippen molar-refractivity contribution in [3.8, 4) is 22.8 Å². The first-order valence-electron chi connectivity index (χ1n) is 5.96. The molecule has 100 valence electrons. The summed E-state index contributed by atoms with van der Waals surface area (Å²) in [5.41, 5.74) is 1.76. The Morgan fingerprint density at radius 3 is 2.35 bits per heavy atom. The van der Waals surface area contributed by atoms with Gasteiger partial charge < -0.3 is 4.74 Å². The predicted octanol–water partition coefficient (Wildman–Crippen LogP) is 2.99. The topological polar surface area (TPSA) is 52.8 Å². The molecule has 0 amide bonds. The largest absolute Gasteiger partial charge is 0.497 e. The van der Waals surface area contributed by atoms with Crippen LogP contribution >= 0.6 is 11.6 Å². The Kier molecular flexibility index (Phi) is 3.35. The van der Waals surface area contributed by atoms with Crippen molar-refractivity contribution in [2.45, 2.75) is 0 Å². The van der Waals surface area contributed by atoms with Gasteiger partial charge in [0.1, 0.15) is 5.75 Å². The van der Waals surface area contributed by atoms with Gasteiger partial charge in [0.05, 0.1) is 12.8 Å². The van der Waals surface area contributed by atoms with Crippen molar-refractivity contribution in [2.24, 2.45) is 0 Å². The van der Waals surface area contributed by atoms with Gasteiger partial charge in [-0.1, -0.05) is 11.6 Å². The van der Waals surface area contributed by atoms with E-state index < -0.39 is 0 Å². The Labute approximate surface area is 120 Å². The summed E-state index contributed by atoms with van der Waals surface area (Å²) in [7, 11) is 1.63. The second-order valence-corrected chi connectivity index (χ2v) is 4.56. The fourth-order valence-corrected chi connectivity index (χ4v) is 1.99. The summed E-state index contributed by atoms with van der Waals surface area (Å²) < 4.78 is 6.81. The zero-order valence-electron chi connectivity index (χ0n) is 10.7. The molecule has 0 atom stereocenters. The molecule has 0 N–H and O–H groups in total. The Bertz CT molecular complexity index is 707. The van der Waals surface area contributed by atoms with E-state index in [9.17, 15) is 0 Å². The average molecular weight is 287 g/mol. The summed E-state index contributed by atoms with van der Waals surface area (Å²) in [5, 5.41) is 12.5. The van der Waals surface area contributed by atoms with Crippen LogP contribution < -0.4 is 4.74 Å². The molecule has 0 unspecified atom stereocenters. The molecule has 5 nitrogen and oxygen atoms in total. The monoisotopic (exact) mass is 286 g/mol. The Hall–Kier alpha value is -2.40. The van der Waals surface area contributed by atoms with Gasteiger partial charge in [-0.15, -0.1) is 5.10 Å². The number of hydrogen-bond acceptors (Lipinski definition) is 4. The van der Waals surface area contributed by atoms with E-state index in [1.54, 1.807) is 11.8 Å². The standard InChI is InChI=1S/C14H11ClN4O/c1-20-13-8-6-12(7-9-13)19-14(16-17-18-19)10-2-4-11(15)5-3-10/h2-9H,1H3. The number of ether oxygens (including phenoxy) is 1. The smallest absolute Gasteiger partial charge is 0.187 e. The summed E-state index contributed by atoms with van der Waals surface area (Å²) in [6.07, 6.45) is 0. The van der Waals surface area contributed by atoms with E-state index in [2.05, 4.69) is 15.5 Å². The highest BCUT2D eigenvalue weighted by molar-refractivity contribution is 6.30. The third-order valence-corrected chi connectivity index (χ3v) is 3.14. The Balaban J connectivity index is 2.02. The molecule has 2 aromatic carbocycles. The van der Waals surface area contributed by atoms with Gasteiger partial charge in [-0.05, 0) is 59.0 Å². The Morgan fingerprint density at radius 1 is 1.00 bits per heavy atom. The molecular weight excluding hydrogens is 276 g/mol. The highest BCUT2D eigenvalue weighted by atomic mass is 35.5. The number of rotatable bonds is 3. The molecule has 0 saturated heterocycles. The number of halogens is 1. The van der Waals surface area contributed by atoms with Crippen molar-refractivity contribution >= 4 is 11.6 Å². The van der Waals surface area contributed by atoms with Crippen LogP contribution in [0.2, 0.25) is 5.02 Å². The molecule has 3 aromatic rings. The molecule has 0 aliphatic rings. The molecule has 1 aromatic heterocycles. The van der Waals surface area contributed by atoms with Gasteiger partial charge in [0, 0.05) is 10.6 Å². The number of tetrazole rings is 1. The summed E-state index contributed by atoms with van der Waals surface area (Å²) in [4.78, 5) is 0. The predicted molar refractivity (Wildman–Crippen MR) is 76.2 cm³/mol. The second kappa shape index (κ2) is 5.30. The van der Waals surface area contributed by atoms with Gasteiger partial charge in [-0.25, -0.2) is 0 Å². The van der Waals surface area contributed by atoms with Gasteiger partial charge >= 0.3 is 0 Å². The lowest BCUT2D eigenvalue weighted by Gasteiger charge is -2.05. The van der Waals surface area contributed by atoms with E-state index in [4.69, 9.17) is 16.3 Å². The molecule has 0 aliphatic heterocycles. The molecule has 0 saturated carbocycles. The normalized spacial score (nSPS) is 10.5. The van der Waals surface area contributed by atoms with Crippen LogP contribution in [0.4, 0.5) is 0 Å². The Morgan fingerprint density at radius 2 is 1.70 bits per heavy atom. The molecule has 3 rings (SSSR count). The maximum Gasteiger partial charge on any atom is 0.187 e. The summed E-state index contributed by atoms with van der Waals surface area (Å²) in [6.45, 7) is 0. The van der Waals surface area contributed by atoms with Gasteiger partial charge in [-0.2, -0.15) is 4.68 Å². The number of nitrogens with zero attached hydrogens (tertiary/aromatic N) is 4. The van der Waals surface area contributed by atoms with Gasteiger partial charge in [0.25, 0.3) is 0 Å². The fraction of sp³-hybridized carbons (Fsp3) is 0.0714. The lowest BCUT2D eigenvalue weighted by atomic mass is 10.2. The number of hydrogen-bond donors (Lipinski definition) is 0. The van der Waals surface area contributed by atoms with Crippen LogP contribution in [0.25, 0.3) is 17.1 Å². The molecular formula is C14H11ClN4O. The number of aromatic nitrogens is 4. The minimum atomic E-state index is 0.659. The first kappa shape index (κ1) is 12.6. The zero-order chi connectivity index (χ0) is 13.9. The van der Waals surface area contributed by atoms with Crippen LogP contribution in [0, 0.1) is 0 Å². The lowest BCUT2D eigenvalue weighted by Crippen LogP contribution is -1.99. The average Bonchev–Trinajstić information content (AvgIpc) is 2.97. The third kappa shape index (κ3) is 2.35. The van der Waals surface area contributed by atoms with Crippen molar-refractivity contribution in [1.29, 1.82) is 0 Å². The highest BCUT2D eigenvalue weighted by Crippen LogP contribution is 2.22. The maximum absolute atomic E-state index is 5.89. The van der Waals surface area contributed by atoms with Crippen molar-refractivity contribution in [2.75, 3.05) is 7.11 Å². The first-order chi connectivity index (χ1) is 9.78. The molecule has 6 heteroatoms. The fourth-order valence-electron chi connectivity index (χ4n) is 1.86. The summed E-state index contributed by atoms with van der Waals surface area (Å²) in [6, 6.07) is 14.9. The molecule has 0 fully saturated rings. The SMILES string of the molecule is COc1ccc(-n2nnnc2-c2ccc(Cl)cc2)cc1. The van der Waals surface area contributed by atoms with E-state index >= 15 is 0 Å². The van der Waals surface area contributed by atoms with Crippen molar-refractivity contribution in [3.63, 3.8) is 0 Å². The van der Waals surface area contributed by atoms with Crippen LogP contribution in [-0.2, 0) is 0 Å². The third-order valence-electron chi connectivity index (χ3n) is 2.89. The van der Waals surface area contributed by atoms with E-state index in [0.717, 1.165) is 17.0 Å². The van der Waals surface area contributed by atoms with Gasteiger partial charge in [0.2, 0.25) is 0 Å². The lowest BCUT2D eigenvalue weighted by molar-refractivity contribution is 0.414. The van der Waals surface area contributed by atoms with Crippen LogP contribution in [0.5, 0.6) is 5.75 Å². The second-order valence-electron chi connectivity index (χ2n) is 4.12. The number of benzene rings is 2. The molecule has 0 bridgehead atoms. The van der Waals surface area contributed by atoms with E-state index in [1.807, 2.05) is 48.5 Å². The van der Waals surface area contributed by atoms with Gasteiger partial charge in [0.15, 0.2) is 5.82 Å². The first-order valence-corrected chi connectivity index (χ1v) is 6.34. The molecule has 0 radical (unpaired) electrons. The summed E-state index contributed by atoms with van der Waals surface area (Å²) >= 11 is 5.89. The quantitative estimate of drug-likeness (QED) is 0.743. The van der Waals surface area contributed by atoms with Gasteiger partial charge in [-0.3, -0.25) is 0 Å². The molecule has 20 heavy (non-hydrogen) atoms. The number of methoxy groups -OCH3 is 1. The van der Waals surface area contributed by atoms with Crippen LogP contribution in [0.1, 0.15) is 0 Å². The maximum atomic E-state index is 5.89. The summed E-state index contributed by atoms with van der Waals surface area (Å²) in [5.74, 6) is 1.45. The van der Waals surface area contributed by atoms with Crippen molar-refractivity contribution in [3.05, 3.63) is 53.6 Å². The van der Waals surface area contributed by atoms with Crippen molar-refractivity contribution in [1.82, 2.24) is 20.2 Å². The minimum Gasteiger partial charge on any atom is -0.497 e.